The summed E-state index contributed by atoms with van der Waals surface area (Å²) in [7, 11) is 1.65. The molecule has 1 rings (SSSR count). The van der Waals surface area contributed by atoms with Gasteiger partial charge in [0.25, 0.3) is 0 Å². The molecule has 0 radical (unpaired) electrons. The van der Waals surface area contributed by atoms with Gasteiger partial charge in [0.05, 0.1) is 13.2 Å². The smallest absolute Gasteiger partial charge is 0.169 e. The van der Waals surface area contributed by atoms with E-state index >= 15 is 0 Å². The molecule has 5 heteroatoms. The lowest BCUT2D eigenvalue weighted by Gasteiger charge is -2.15. The van der Waals surface area contributed by atoms with Crippen molar-refractivity contribution in [3.05, 3.63) is 22.6 Å². The molecule has 0 spiro atoms. The molecule has 0 aliphatic carbocycles. The van der Waals surface area contributed by atoms with E-state index in [1.165, 1.54) is 0 Å². The normalized spacial score (nSPS) is 13.0. The summed E-state index contributed by atoms with van der Waals surface area (Å²) in [6.07, 6.45) is 0.676. The second-order valence-electron chi connectivity index (χ2n) is 3.25. The molecule has 1 aromatic heterocycles. The van der Waals surface area contributed by atoms with Crippen LogP contribution >= 0.6 is 15.9 Å². The summed E-state index contributed by atoms with van der Waals surface area (Å²) in [5.41, 5.74) is 0. The highest BCUT2D eigenvalue weighted by Crippen LogP contribution is 2.13. The third-order valence-electron chi connectivity index (χ3n) is 2.04. The molecule has 0 saturated heterocycles. The number of rotatable bonds is 7. The Morgan fingerprint density at radius 1 is 1.60 bits per heavy atom. The Labute approximate surface area is 97.7 Å². The molecule has 0 saturated carbocycles. The SMILES string of the molecule is COCC(CCO)NCc1ccc(Br)o1. The van der Waals surface area contributed by atoms with Crippen molar-refractivity contribution in [1.82, 2.24) is 5.32 Å². The number of nitrogens with one attached hydrogen (secondary N) is 1. The first kappa shape index (κ1) is 12.7. The number of hydrogen-bond acceptors (Lipinski definition) is 4. The van der Waals surface area contributed by atoms with Gasteiger partial charge in [-0.05, 0) is 34.5 Å². The first-order chi connectivity index (χ1) is 7.26. The highest BCUT2D eigenvalue weighted by atomic mass is 79.9. The maximum Gasteiger partial charge on any atom is 0.169 e. The van der Waals surface area contributed by atoms with Crippen molar-refractivity contribution in [2.75, 3.05) is 20.3 Å². The zero-order valence-corrected chi connectivity index (χ0v) is 10.3. The quantitative estimate of drug-likeness (QED) is 0.794. The summed E-state index contributed by atoms with van der Waals surface area (Å²) in [6.45, 7) is 1.38. The number of hydrogen-bond donors (Lipinski definition) is 2. The van der Waals surface area contributed by atoms with Crippen molar-refractivity contribution in [1.29, 1.82) is 0 Å². The molecular weight excluding hydrogens is 262 g/mol. The zero-order chi connectivity index (χ0) is 11.1. The monoisotopic (exact) mass is 277 g/mol. The zero-order valence-electron chi connectivity index (χ0n) is 8.70. The molecule has 0 aromatic carbocycles. The van der Waals surface area contributed by atoms with E-state index in [1.54, 1.807) is 7.11 Å². The molecular formula is C10H16BrNO3. The first-order valence-electron chi connectivity index (χ1n) is 4.83. The molecule has 2 N–H and O–H groups in total. The fourth-order valence-electron chi connectivity index (χ4n) is 1.29. The van der Waals surface area contributed by atoms with Gasteiger partial charge in [-0.15, -0.1) is 0 Å². The third kappa shape index (κ3) is 4.79. The predicted octanol–water partition coefficient (Wildman–Crippen LogP) is 1.53. The van der Waals surface area contributed by atoms with E-state index in [9.17, 15) is 0 Å². The third-order valence-corrected chi connectivity index (χ3v) is 2.47. The number of aliphatic hydroxyl groups excluding tert-OH is 1. The van der Waals surface area contributed by atoms with Gasteiger partial charge in [0.1, 0.15) is 5.76 Å². The van der Waals surface area contributed by atoms with E-state index in [4.69, 9.17) is 14.3 Å². The van der Waals surface area contributed by atoms with Crippen LogP contribution in [0.4, 0.5) is 0 Å². The van der Waals surface area contributed by atoms with Crippen LogP contribution in [0, 0.1) is 0 Å². The van der Waals surface area contributed by atoms with E-state index in [0.29, 0.717) is 19.6 Å². The van der Waals surface area contributed by atoms with Crippen LogP contribution in [-0.4, -0.2) is 31.5 Å². The van der Waals surface area contributed by atoms with Crippen molar-refractivity contribution in [3.8, 4) is 0 Å². The van der Waals surface area contributed by atoms with Crippen molar-refractivity contribution in [2.24, 2.45) is 0 Å². The second-order valence-corrected chi connectivity index (χ2v) is 4.03. The molecule has 15 heavy (non-hydrogen) atoms. The summed E-state index contributed by atoms with van der Waals surface area (Å²) in [5, 5.41) is 12.1. The highest BCUT2D eigenvalue weighted by molar-refractivity contribution is 9.10. The summed E-state index contributed by atoms with van der Waals surface area (Å²) in [4.78, 5) is 0. The predicted molar refractivity (Wildman–Crippen MR) is 60.6 cm³/mol. The standard InChI is InChI=1S/C10H16BrNO3/c1-14-7-8(4-5-13)12-6-9-2-3-10(11)15-9/h2-3,8,12-13H,4-7H2,1H3. The molecule has 0 aliphatic rings. The van der Waals surface area contributed by atoms with Gasteiger partial charge in [0.2, 0.25) is 0 Å². The topological polar surface area (TPSA) is 54.6 Å². The van der Waals surface area contributed by atoms with Gasteiger partial charge < -0.3 is 19.6 Å². The van der Waals surface area contributed by atoms with Gasteiger partial charge in [0.15, 0.2) is 4.67 Å². The number of aliphatic hydroxyl groups is 1. The van der Waals surface area contributed by atoms with Crippen molar-refractivity contribution >= 4 is 15.9 Å². The summed E-state index contributed by atoms with van der Waals surface area (Å²) in [6, 6.07) is 3.91. The van der Waals surface area contributed by atoms with Crippen LogP contribution in [0.25, 0.3) is 0 Å². The fourth-order valence-corrected chi connectivity index (χ4v) is 1.63. The Morgan fingerprint density at radius 2 is 2.40 bits per heavy atom. The highest BCUT2D eigenvalue weighted by Gasteiger charge is 2.08. The van der Waals surface area contributed by atoms with Gasteiger partial charge in [-0.3, -0.25) is 0 Å². The molecule has 0 fully saturated rings. The van der Waals surface area contributed by atoms with Gasteiger partial charge in [0, 0.05) is 19.8 Å². The molecule has 1 unspecified atom stereocenters. The van der Waals surface area contributed by atoms with Gasteiger partial charge in [-0.1, -0.05) is 0 Å². The largest absolute Gasteiger partial charge is 0.453 e. The minimum atomic E-state index is 0.156. The second kappa shape index (κ2) is 7.00. The van der Waals surface area contributed by atoms with Crippen LogP contribution in [-0.2, 0) is 11.3 Å². The Bertz CT molecular complexity index is 271. The molecule has 0 amide bonds. The Balaban J connectivity index is 2.32. The van der Waals surface area contributed by atoms with Crippen LogP contribution in [0.2, 0.25) is 0 Å². The summed E-state index contributed by atoms with van der Waals surface area (Å²) >= 11 is 3.24. The van der Waals surface area contributed by atoms with Crippen molar-refractivity contribution in [3.63, 3.8) is 0 Å². The van der Waals surface area contributed by atoms with Gasteiger partial charge in [-0.25, -0.2) is 0 Å². The minimum absolute atomic E-state index is 0.156. The Hall–Kier alpha value is -0.360. The Kier molecular flexibility index (Phi) is 5.93. The van der Waals surface area contributed by atoms with E-state index in [-0.39, 0.29) is 12.6 Å². The molecule has 86 valence electrons. The van der Waals surface area contributed by atoms with Gasteiger partial charge >= 0.3 is 0 Å². The van der Waals surface area contributed by atoms with Crippen LogP contribution in [0.3, 0.4) is 0 Å². The van der Waals surface area contributed by atoms with E-state index in [1.807, 2.05) is 12.1 Å². The van der Waals surface area contributed by atoms with Crippen LogP contribution in [0.1, 0.15) is 12.2 Å². The molecule has 1 atom stereocenters. The lowest BCUT2D eigenvalue weighted by molar-refractivity contribution is 0.147. The molecule has 4 nitrogen and oxygen atoms in total. The maximum absolute atomic E-state index is 8.84. The molecule has 1 heterocycles. The summed E-state index contributed by atoms with van der Waals surface area (Å²) < 4.78 is 11.1. The van der Waals surface area contributed by atoms with Crippen molar-refractivity contribution in [2.45, 2.75) is 19.0 Å². The van der Waals surface area contributed by atoms with Crippen molar-refractivity contribution < 1.29 is 14.3 Å². The number of furan rings is 1. The summed E-state index contributed by atoms with van der Waals surface area (Å²) in [5.74, 6) is 0.862. The van der Waals surface area contributed by atoms with Crippen LogP contribution < -0.4 is 5.32 Å². The fraction of sp³-hybridized carbons (Fsp3) is 0.600. The van der Waals surface area contributed by atoms with Crippen LogP contribution in [0.15, 0.2) is 21.2 Å². The maximum atomic E-state index is 8.84. The van der Waals surface area contributed by atoms with Crippen LogP contribution in [0.5, 0.6) is 0 Å². The van der Waals surface area contributed by atoms with E-state index in [2.05, 4.69) is 21.2 Å². The van der Waals surface area contributed by atoms with E-state index < -0.39 is 0 Å². The van der Waals surface area contributed by atoms with E-state index in [0.717, 1.165) is 10.4 Å². The average Bonchev–Trinajstić information content (AvgIpc) is 2.61. The molecule has 0 aliphatic heterocycles. The molecule has 0 bridgehead atoms. The average molecular weight is 278 g/mol. The Morgan fingerprint density at radius 3 is 2.93 bits per heavy atom. The number of halogens is 1. The molecule has 1 aromatic rings. The first-order valence-corrected chi connectivity index (χ1v) is 5.63. The number of ether oxygens (including phenoxy) is 1. The minimum Gasteiger partial charge on any atom is -0.453 e. The lowest BCUT2D eigenvalue weighted by atomic mass is 10.2. The van der Waals surface area contributed by atoms with Gasteiger partial charge in [-0.2, -0.15) is 0 Å². The number of methoxy groups -OCH3 is 1. The lowest BCUT2D eigenvalue weighted by Crippen LogP contribution is -2.33.